The van der Waals surface area contributed by atoms with Crippen LogP contribution in [-0.2, 0) is 11.2 Å². The molecule has 3 nitrogen and oxygen atoms in total. The van der Waals surface area contributed by atoms with Crippen molar-refractivity contribution in [3.8, 4) is 0 Å². The number of quaternary nitrogens is 1. The first-order valence-corrected chi connectivity index (χ1v) is 9.76. The zero-order valence-corrected chi connectivity index (χ0v) is 14.6. The molecule has 5 heteroatoms. The highest BCUT2D eigenvalue weighted by molar-refractivity contribution is 7.10. The van der Waals surface area contributed by atoms with Crippen molar-refractivity contribution in [1.29, 1.82) is 0 Å². The lowest BCUT2D eigenvalue weighted by atomic mass is 9.98. The van der Waals surface area contributed by atoms with E-state index in [4.69, 9.17) is 0 Å². The van der Waals surface area contributed by atoms with E-state index in [1.54, 1.807) is 11.3 Å². The van der Waals surface area contributed by atoms with Crippen molar-refractivity contribution in [2.24, 2.45) is 0 Å². The number of fused-ring (bicyclic) bond motifs is 1. The Bertz CT molecular complexity index is 606. The number of amides is 1. The van der Waals surface area contributed by atoms with E-state index >= 15 is 0 Å². The van der Waals surface area contributed by atoms with Crippen LogP contribution >= 0.6 is 22.7 Å². The van der Waals surface area contributed by atoms with Gasteiger partial charge in [-0.1, -0.05) is 19.4 Å². The van der Waals surface area contributed by atoms with Crippen LogP contribution in [0.5, 0.6) is 0 Å². The molecule has 1 aliphatic rings. The van der Waals surface area contributed by atoms with Gasteiger partial charge in [0.05, 0.1) is 11.4 Å². The van der Waals surface area contributed by atoms with Gasteiger partial charge in [-0.2, -0.15) is 0 Å². The molecule has 0 bridgehead atoms. The summed E-state index contributed by atoms with van der Waals surface area (Å²) >= 11 is 3.66. The number of thiophene rings is 2. The third kappa shape index (κ3) is 3.42. The van der Waals surface area contributed by atoms with Gasteiger partial charge in [-0.3, -0.25) is 4.79 Å². The van der Waals surface area contributed by atoms with Gasteiger partial charge in [-0.15, -0.1) is 22.7 Å². The van der Waals surface area contributed by atoms with Crippen LogP contribution in [0.15, 0.2) is 29.0 Å². The van der Waals surface area contributed by atoms with E-state index in [1.807, 2.05) is 11.3 Å². The van der Waals surface area contributed by atoms with Gasteiger partial charge in [0.2, 0.25) is 0 Å². The minimum absolute atomic E-state index is 0.184. The van der Waals surface area contributed by atoms with E-state index < -0.39 is 0 Å². The predicted molar refractivity (Wildman–Crippen MR) is 92.8 cm³/mol. The lowest BCUT2D eigenvalue weighted by Gasteiger charge is -2.31. The van der Waals surface area contributed by atoms with Gasteiger partial charge in [-0.05, 0) is 29.3 Å². The highest BCUT2D eigenvalue weighted by Crippen LogP contribution is 2.31. The van der Waals surface area contributed by atoms with Crippen molar-refractivity contribution in [2.45, 2.75) is 32.2 Å². The Kier molecular flexibility index (Phi) is 5.28. The van der Waals surface area contributed by atoms with Gasteiger partial charge < -0.3 is 10.2 Å². The molecule has 2 aromatic heterocycles. The third-order valence-corrected chi connectivity index (χ3v) is 6.17. The molecular formula is C17H23N2OS2+. The third-order valence-electron chi connectivity index (χ3n) is 4.24. The Balaban J connectivity index is 1.74. The largest absolute Gasteiger partial charge is 0.351 e. The second-order valence-electron chi connectivity index (χ2n) is 5.79. The molecule has 1 unspecified atom stereocenters. The molecule has 22 heavy (non-hydrogen) atoms. The van der Waals surface area contributed by atoms with Gasteiger partial charge in [0.1, 0.15) is 6.04 Å². The number of hydrogen-bond acceptors (Lipinski definition) is 3. The van der Waals surface area contributed by atoms with Gasteiger partial charge in [-0.25, -0.2) is 0 Å². The van der Waals surface area contributed by atoms with Crippen molar-refractivity contribution < 1.29 is 9.69 Å². The van der Waals surface area contributed by atoms with Gasteiger partial charge >= 0.3 is 0 Å². The standard InChI is InChI=1S/C17H22N2OS2/c1-2-3-8-18-16(20)12-19-9-6-14-13(7-11-22-14)17(19)15-5-4-10-21-15/h4-5,7,10-11,17H,2-3,6,8-9,12H2,1H3,(H,18,20)/p+1/t17-/m1/s1. The summed E-state index contributed by atoms with van der Waals surface area (Å²) in [7, 11) is 0. The first-order chi connectivity index (χ1) is 10.8. The molecule has 0 saturated heterocycles. The highest BCUT2D eigenvalue weighted by Gasteiger charge is 2.34. The van der Waals surface area contributed by atoms with Gasteiger partial charge in [0.15, 0.2) is 6.54 Å². The highest BCUT2D eigenvalue weighted by atomic mass is 32.1. The first kappa shape index (κ1) is 15.7. The minimum atomic E-state index is 0.184. The average molecular weight is 336 g/mol. The molecule has 0 spiro atoms. The number of rotatable bonds is 6. The maximum atomic E-state index is 12.2. The Morgan fingerprint density at radius 1 is 1.36 bits per heavy atom. The molecule has 2 atom stereocenters. The average Bonchev–Trinajstić information content (AvgIpc) is 3.18. The zero-order chi connectivity index (χ0) is 15.4. The Hall–Kier alpha value is -1.17. The molecule has 3 rings (SSSR count). The van der Waals surface area contributed by atoms with Crippen LogP contribution < -0.4 is 10.2 Å². The molecule has 0 aliphatic carbocycles. The molecule has 0 fully saturated rings. The SMILES string of the molecule is CCCCNC(=O)C[NH+]1CCc2sccc2[C@@H]1c1cccs1. The summed E-state index contributed by atoms with van der Waals surface area (Å²) in [5.74, 6) is 0.184. The van der Waals surface area contributed by atoms with Crippen LogP contribution in [0.2, 0.25) is 0 Å². The number of carbonyl (C=O) groups is 1. The monoisotopic (exact) mass is 335 g/mol. The van der Waals surface area contributed by atoms with E-state index in [0.29, 0.717) is 12.6 Å². The normalized spacial score (nSPS) is 20.6. The lowest BCUT2D eigenvalue weighted by molar-refractivity contribution is -0.919. The number of hydrogen-bond donors (Lipinski definition) is 2. The fourth-order valence-electron chi connectivity index (χ4n) is 3.12. The van der Waals surface area contributed by atoms with Crippen molar-refractivity contribution in [3.05, 3.63) is 44.3 Å². The summed E-state index contributed by atoms with van der Waals surface area (Å²) in [5, 5.41) is 7.38. The fourth-order valence-corrected chi connectivity index (χ4v) is 4.94. The molecule has 0 saturated carbocycles. The summed E-state index contributed by atoms with van der Waals surface area (Å²) < 4.78 is 0. The van der Waals surface area contributed by atoms with E-state index in [9.17, 15) is 4.79 Å². The topological polar surface area (TPSA) is 33.5 Å². The van der Waals surface area contributed by atoms with E-state index in [-0.39, 0.29) is 5.91 Å². The zero-order valence-electron chi connectivity index (χ0n) is 12.9. The molecule has 0 radical (unpaired) electrons. The molecule has 1 amide bonds. The summed E-state index contributed by atoms with van der Waals surface area (Å²) in [6, 6.07) is 6.89. The van der Waals surface area contributed by atoms with Crippen molar-refractivity contribution in [1.82, 2.24) is 5.32 Å². The molecule has 0 aromatic carbocycles. The first-order valence-electron chi connectivity index (χ1n) is 8.00. The Morgan fingerprint density at radius 3 is 3.05 bits per heavy atom. The summed E-state index contributed by atoms with van der Waals surface area (Å²) in [6.45, 7) is 4.56. The molecule has 2 aromatic rings. The minimum Gasteiger partial charge on any atom is -0.351 e. The van der Waals surface area contributed by atoms with Crippen LogP contribution in [0.25, 0.3) is 0 Å². The summed E-state index contributed by atoms with van der Waals surface area (Å²) in [4.78, 5) is 16.5. The van der Waals surface area contributed by atoms with Crippen LogP contribution in [0.3, 0.4) is 0 Å². The fraction of sp³-hybridized carbons (Fsp3) is 0.471. The van der Waals surface area contributed by atoms with Crippen molar-refractivity contribution in [2.75, 3.05) is 19.6 Å². The second kappa shape index (κ2) is 7.40. The number of unbranched alkanes of at least 4 members (excludes halogenated alkanes) is 1. The predicted octanol–water partition coefficient (Wildman–Crippen LogP) is 2.26. The molecule has 118 valence electrons. The van der Waals surface area contributed by atoms with Crippen LogP contribution in [0.4, 0.5) is 0 Å². The van der Waals surface area contributed by atoms with Crippen molar-refractivity contribution in [3.63, 3.8) is 0 Å². The van der Waals surface area contributed by atoms with Gasteiger partial charge in [0.25, 0.3) is 5.91 Å². The molecule has 3 heterocycles. The Labute approximate surface area is 140 Å². The van der Waals surface area contributed by atoms with E-state index in [0.717, 1.165) is 32.4 Å². The number of carbonyl (C=O) groups excluding carboxylic acids is 1. The maximum Gasteiger partial charge on any atom is 0.275 e. The maximum absolute atomic E-state index is 12.2. The molecular weight excluding hydrogens is 312 g/mol. The quantitative estimate of drug-likeness (QED) is 0.780. The van der Waals surface area contributed by atoms with Crippen LogP contribution in [0.1, 0.15) is 41.1 Å². The Morgan fingerprint density at radius 2 is 2.27 bits per heavy atom. The smallest absolute Gasteiger partial charge is 0.275 e. The summed E-state index contributed by atoms with van der Waals surface area (Å²) in [6.07, 6.45) is 3.27. The summed E-state index contributed by atoms with van der Waals surface area (Å²) in [5.41, 5.74) is 1.43. The van der Waals surface area contributed by atoms with Gasteiger partial charge in [0, 0.05) is 23.4 Å². The second-order valence-corrected chi connectivity index (χ2v) is 7.77. The van der Waals surface area contributed by atoms with E-state index in [1.165, 1.54) is 20.2 Å². The van der Waals surface area contributed by atoms with Crippen LogP contribution in [-0.4, -0.2) is 25.5 Å². The molecule has 1 aliphatic heterocycles. The van der Waals surface area contributed by atoms with E-state index in [2.05, 4.69) is 41.2 Å². The van der Waals surface area contributed by atoms with Crippen molar-refractivity contribution >= 4 is 28.6 Å². The van der Waals surface area contributed by atoms with Crippen LogP contribution in [0, 0.1) is 0 Å². The number of nitrogens with one attached hydrogen (secondary N) is 2. The lowest BCUT2D eigenvalue weighted by Crippen LogP contribution is -3.14. The molecule has 2 N–H and O–H groups in total.